The van der Waals surface area contributed by atoms with Gasteiger partial charge in [-0.25, -0.2) is 0 Å². The molecule has 0 aromatic heterocycles. The van der Waals surface area contributed by atoms with E-state index in [1.165, 1.54) is 0 Å². The normalized spacial score (nSPS) is 13.6. The number of carbonyl (C=O) groups is 2. The highest BCUT2D eigenvalue weighted by Gasteiger charge is 2.17. The molecule has 378 valence electrons. The van der Waals surface area contributed by atoms with E-state index < -0.39 is 6.10 Å². The standard InChI is InChI=1S/C63H96O5/c1-4-7-10-13-16-19-22-25-28-30-32-34-36-38-41-44-47-50-53-56-62(64)67-60-61(59-66-58-55-52-49-46-43-40-27-24-21-18-15-12-9-6-3)68-63(65)57-54-51-48-45-42-39-37-35-33-31-29-26-23-20-17-14-11-8-5-2/h7-12,16-21,25-29,32-35,38-42,46,49,61H,4-6,13-15,22-24,30-31,36-37,43-45,47-48,50-60H2,1-3H3/b10-7-,11-8-,12-9-,19-16-,20-17-,21-18-,28-25-,29-26-,34-32-,35-33-,40-27-,41-38-,42-39-,49-46-. The minimum atomic E-state index is -0.611. The van der Waals surface area contributed by atoms with Crippen LogP contribution in [-0.4, -0.2) is 37.9 Å². The smallest absolute Gasteiger partial charge is 0.306 e. The van der Waals surface area contributed by atoms with Gasteiger partial charge in [0.05, 0.1) is 6.61 Å². The van der Waals surface area contributed by atoms with Crippen molar-refractivity contribution in [1.82, 2.24) is 0 Å². The van der Waals surface area contributed by atoms with Crippen molar-refractivity contribution in [3.63, 3.8) is 0 Å². The largest absolute Gasteiger partial charge is 0.462 e. The van der Waals surface area contributed by atoms with Crippen LogP contribution in [0, 0.1) is 0 Å². The van der Waals surface area contributed by atoms with Crippen LogP contribution in [0.4, 0.5) is 0 Å². The van der Waals surface area contributed by atoms with E-state index in [1.807, 2.05) is 0 Å². The summed E-state index contributed by atoms with van der Waals surface area (Å²) < 4.78 is 17.3. The molecule has 68 heavy (non-hydrogen) atoms. The molecule has 0 aliphatic rings. The lowest BCUT2D eigenvalue weighted by Gasteiger charge is -2.18. The Hall–Kier alpha value is -4.74. The number of hydrogen-bond acceptors (Lipinski definition) is 5. The summed E-state index contributed by atoms with van der Waals surface area (Å²) in [5.74, 6) is -0.519. The molecule has 0 aromatic carbocycles. The van der Waals surface area contributed by atoms with Crippen LogP contribution in [0.3, 0.4) is 0 Å². The Morgan fingerprint density at radius 3 is 0.956 bits per heavy atom. The molecule has 1 atom stereocenters. The quantitative estimate of drug-likeness (QED) is 0.0346. The van der Waals surface area contributed by atoms with Crippen molar-refractivity contribution >= 4 is 11.9 Å². The SMILES string of the molecule is CC/C=C\C/C=C\C/C=C\C/C=C\C/C=C\CCCCCC(=O)OCC(COCCC/C=C\C/C=C\C/C=C\C/C=C\CC)OC(=O)CCCCC/C=C\C/C=C\C/C=C\C/C=C\C/C=C\CC. The first-order chi connectivity index (χ1) is 33.6. The Morgan fingerprint density at radius 2 is 0.618 bits per heavy atom. The van der Waals surface area contributed by atoms with E-state index >= 15 is 0 Å². The van der Waals surface area contributed by atoms with Crippen molar-refractivity contribution < 1.29 is 23.8 Å². The average molecular weight is 933 g/mol. The Bertz CT molecular complexity index is 1570. The molecule has 0 fully saturated rings. The molecular formula is C63H96O5. The topological polar surface area (TPSA) is 61.8 Å². The zero-order valence-corrected chi connectivity index (χ0v) is 43.3. The van der Waals surface area contributed by atoms with E-state index in [4.69, 9.17) is 14.2 Å². The molecule has 0 bridgehead atoms. The van der Waals surface area contributed by atoms with Crippen LogP contribution >= 0.6 is 0 Å². The summed E-state index contributed by atoms with van der Waals surface area (Å²) in [5, 5.41) is 0. The summed E-state index contributed by atoms with van der Waals surface area (Å²) >= 11 is 0. The van der Waals surface area contributed by atoms with Gasteiger partial charge in [-0.15, -0.1) is 0 Å². The first-order valence-electron chi connectivity index (χ1n) is 26.7. The van der Waals surface area contributed by atoms with Crippen molar-refractivity contribution in [2.45, 2.75) is 194 Å². The van der Waals surface area contributed by atoms with Crippen LogP contribution in [0.15, 0.2) is 170 Å². The van der Waals surface area contributed by atoms with Gasteiger partial charge in [-0.3, -0.25) is 9.59 Å². The minimum absolute atomic E-state index is 0.0194. The van der Waals surface area contributed by atoms with Gasteiger partial charge in [-0.1, -0.05) is 204 Å². The van der Waals surface area contributed by atoms with E-state index in [-0.39, 0.29) is 25.2 Å². The number of ether oxygens (including phenoxy) is 3. The highest BCUT2D eigenvalue weighted by molar-refractivity contribution is 5.70. The summed E-state index contributed by atoms with van der Waals surface area (Å²) in [6, 6.07) is 0. The fourth-order valence-corrected chi connectivity index (χ4v) is 6.39. The Labute approximate surface area is 417 Å². The molecule has 1 unspecified atom stereocenters. The third-order valence-corrected chi connectivity index (χ3v) is 10.2. The van der Waals surface area contributed by atoms with Crippen molar-refractivity contribution in [2.24, 2.45) is 0 Å². The molecule has 0 aliphatic heterocycles. The third-order valence-electron chi connectivity index (χ3n) is 10.2. The van der Waals surface area contributed by atoms with Gasteiger partial charge in [0, 0.05) is 19.4 Å². The summed E-state index contributed by atoms with van der Waals surface area (Å²) in [4.78, 5) is 25.5. The average Bonchev–Trinajstić information content (AvgIpc) is 3.34. The van der Waals surface area contributed by atoms with Gasteiger partial charge in [-0.2, -0.15) is 0 Å². The number of esters is 2. The Kier molecular flexibility index (Phi) is 52.6. The molecule has 0 amide bonds. The summed E-state index contributed by atoms with van der Waals surface area (Å²) in [6.07, 6.45) is 85.2. The maximum Gasteiger partial charge on any atom is 0.306 e. The number of carbonyl (C=O) groups excluding carboxylic acids is 2. The van der Waals surface area contributed by atoms with Gasteiger partial charge in [0.1, 0.15) is 6.61 Å². The molecule has 0 N–H and O–H groups in total. The fraction of sp³-hybridized carbons (Fsp3) is 0.524. The van der Waals surface area contributed by atoms with Crippen LogP contribution < -0.4 is 0 Å². The van der Waals surface area contributed by atoms with Gasteiger partial charge in [0.15, 0.2) is 6.10 Å². The monoisotopic (exact) mass is 933 g/mol. The zero-order chi connectivity index (χ0) is 49.2. The first kappa shape index (κ1) is 63.3. The highest BCUT2D eigenvalue weighted by atomic mass is 16.6. The van der Waals surface area contributed by atoms with Gasteiger partial charge >= 0.3 is 11.9 Å². The maximum atomic E-state index is 12.8. The van der Waals surface area contributed by atoms with E-state index in [1.54, 1.807) is 0 Å². The van der Waals surface area contributed by atoms with Crippen molar-refractivity contribution in [2.75, 3.05) is 19.8 Å². The predicted molar refractivity (Wildman–Crippen MR) is 297 cm³/mol. The van der Waals surface area contributed by atoms with E-state index in [2.05, 4.69) is 191 Å². The molecule has 0 saturated carbocycles. The minimum Gasteiger partial charge on any atom is -0.462 e. The lowest BCUT2D eigenvalue weighted by atomic mass is 10.1. The van der Waals surface area contributed by atoms with Crippen LogP contribution in [0.2, 0.25) is 0 Å². The lowest BCUT2D eigenvalue weighted by Crippen LogP contribution is -2.30. The molecule has 0 saturated heterocycles. The van der Waals surface area contributed by atoms with Gasteiger partial charge in [0.2, 0.25) is 0 Å². The van der Waals surface area contributed by atoms with Crippen LogP contribution in [0.5, 0.6) is 0 Å². The molecule has 0 radical (unpaired) electrons. The molecule has 0 rings (SSSR count). The van der Waals surface area contributed by atoms with E-state index in [0.29, 0.717) is 19.4 Å². The number of hydrogen-bond donors (Lipinski definition) is 0. The second kappa shape index (κ2) is 56.6. The summed E-state index contributed by atoms with van der Waals surface area (Å²) in [6.45, 7) is 7.24. The van der Waals surface area contributed by atoms with Gasteiger partial charge < -0.3 is 14.2 Å². The molecule has 5 heteroatoms. The molecule has 0 aromatic rings. The van der Waals surface area contributed by atoms with E-state index in [9.17, 15) is 9.59 Å². The first-order valence-corrected chi connectivity index (χ1v) is 26.7. The third kappa shape index (κ3) is 53.9. The number of allylic oxidation sites excluding steroid dienone is 28. The van der Waals surface area contributed by atoms with Crippen molar-refractivity contribution in [3.05, 3.63) is 170 Å². The zero-order valence-electron chi connectivity index (χ0n) is 43.3. The van der Waals surface area contributed by atoms with Gasteiger partial charge in [-0.05, 0) is 141 Å². The molecule has 0 spiro atoms. The molecule has 5 nitrogen and oxygen atoms in total. The van der Waals surface area contributed by atoms with Crippen LogP contribution in [0.25, 0.3) is 0 Å². The molecular weight excluding hydrogens is 837 g/mol. The maximum absolute atomic E-state index is 12.8. The number of rotatable bonds is 46. The fourth-order valence-electron chi connectivity index (χ4n) is 6.39. The second-order valence-corrected chi connectivity index (χ2v) is 16.6. The number of unbranched alkanes of at least 4 members (excludes halogenated alkanes) is 7. The molecule has 0 heterocycles. The van der Waals surface area contributed by atoms with Crippen LogP contribution in [-0.2, 0) is 23.8 Å². The lowest BCUT2D eigenvalue weighted by molar-refractivity contribution is -0.163. The Balaban J connectivity index is 4.52. The van der Waals surface area contributed by atoms with Crippen molar-refractivity contribution in [3.8, 4) is 0 Å². The summed E-state index contributed by atoms with van der Waals surface area (Å²) in [5.41, 5.74) is 0. The van der Waals surface area contributed by atoms with Gasteiger partial charge in [0.25, 0.3) is 0 Å². The Morgan fingerprint density at radius 1 is 0.324 bits per heavy atom. The van der Waals surface area contributed by atoms with Crippen LogP contribution in [0.1, 0.15) is 188 Å². The predicted octanol–water partition coefficient (Wildman–Crippen LogP) is 18.4. The van der Waals surface area contributed by atoms with E-state index in [0.717, 1.165) is 154 Å². The summed E-state index contributed by atoms with van der Waals surface area (Å²) in [7, 11) is 0. The molecule has 0 aliphatic carbocycles. The van der Waals surface area contributed by atoms with Crippen molar-refractivity contribution in [1.29, 1.82) is 0 Å². The second-order valence-electron chi connectivity index (χ2n) is 16.6. The highest BCUT2D eigenvalue weighted by Crippen LogP contribution is 2.10.